The molecule has 0 unspecified atom stereocenters. The van der Waals surface area contributed by atoms with Crippen LogP contribution in [0.3, 0.4) is 0 Å². The van der Waals surface area contributed by atoms with Crippen LogP contribution in [0.15, 0.2) is 6.20 Å². The maximum atomic E-state index is 8.60. The molecule has 0 aliphatic heterocycles. The van der Waals surface area contributed by atoms with Gasteiger partial charge in [0.15, 0.2) is 5.82 Å². The molecule has 4 N–H and O–H groups in total. The second-order valence-electron chi connectivity index (χ2n) is 3.67. The Kier molecular flexibility index (Phi) is 4.97. The summed E-state index contributed by atoms with van der Waals surface area (Å²) in [5.41, 5.74) is 6.41. The van der Waals surface area contributed by atoms with Gasteiger partial charge in [0.25, 0.3) is 0 Å². The minimum atomic E-state index is 0.292. The second-order valence-corrected chi connectivity index (χ2v) is 3.67. The molecular weight excluding hydrogens is 192 g/mol. The van der Waals surface area contributed by atoms with E-state index in [9.17, 15) is 0 Å². The van der Waals surface area contributed by atoms with Crippen molar-refractivity contribution in [2.45, 2.75) is 25.7 Å². The fraction of sp³-hybridized carbons (Fsp3) is 0.700. The lowest BCUT2D eigenvalue weighted by molar-refractivity contribution is 0.283. The highest BCUT2D eigenvalue weighted by Crippen LogP contribution is 2.14. The zero-order valence-corrected chi connectivity index (χ0v) is 9.24. The van der Waals surface area contributed by atoms with Crippen molar-refractivity contribution >= 4 is 11.5 Å². The van der Waals surface area contributed by atoms with Crippen molar-refractivity contribution in [2.24, 2.45) is 7.05 Å². The molecular formula is C10H20N4O. The number of aryl methyl sites for hydroxylation is 1. The lowest BCUT2D eigenvalue weighted by Crippen LogP contribution is -2.04. The van der Waals surface area contributed by atoms with Gasteiger partial charge in [0.1, 0.15) is 0 Å². The zero-order chi connectivity index (χ0) is 11.1. The van der Waals surface area contributed by atoms with Gasteiger partial charge in [0, 0.05) is 26.4 Å². The first kappa shape index (κ1) is 11.8. The number of nitrogens with two attached hydrogens (primary N) is 1. The van der Waals surface area contributed by atoms with Crippen LogP contribution in [0.1, 0.15) is 25.7 Å². The minimum Gasteiger partial charge on any atom is -0.396 e. The molecule has 1 rings (SSSR count). The van der Waals surface area contributed by atoms with Gasteiger partial charge in [0.2, 0.25) is 0 Å². The van der Waals surface area contributed by atoms with Crippen LogP contribution in [0.4, 0.5) is 11.5 Å². The van der Waals surface area contributed by atoms with Gasteiger partial charge in [-0.2, -0.15) is 5.10 Å². The molecule has 5 nitrogen and oxygen atoms in total. The van der Waals surface area contributed by atoms with E-state index in [0.717, 1.165) is 38.0 Å². The average Bonchev–Trinajstić information content (AvgIpc) is 2.51. The fourth-order valence-corrected chi connectivity index (χ4v) is 1.44. The molecule has 5 heteroatoms. The monoisotopic (exact) mass is 212 g/mol. The standard InChI is InChI=1S/C10H20N4O/c1-14-8-9(11)10(13-14)12-6-4-2-3-5-7-15/h8,15H,2-7,11H2,1H3,(H,12,13). The molecule has 1 heterocycles. The van der Waals surface area contributed by atoms with Crippen molar-refractivity contribution in [3.05, 3.63) is 6.20 Å². The number of nitrogens with one attached hydrogen (secondary N) is 1. The summed E-state index contributed by atoms with van der Waals surface area (Å²) >= 11 is 0. The van der Waals surface area contributed by atoms with Gasteiger partial charge in [-0.05, 0) is 12.8 Å². The molecule has 86 valence electrons. The average molecular weight is 212 g/mol. The number of nitrogens with zero attached hydrogens (tertiary/aromatic N) is 2. The molecule has 1 aromatic heterocycles. The summed E-state index contributed by atoms with van der Waals surface area (Å²) in [4.78, 5) is 0. The third-order valence-electron chi connectivity index (χ3n) is 2.23. The Balaban J connectivity index is 2.12. The van der Waals surface area contributed by atoms with Crippen molar-refractivity contribution in [1.82, 2.24) is 9.78 Å². The number of hydrogen-bond donors (Lipinski definition) is 3. The molecule has 0 aliphatic rings. The Bertz CT molecular complexity index is 285. The van der Waals surface area contributed by atoms with E-state index >= 15 is 0 Å². The van der Waals surface area contributed by atoms with E-state index in [1.807, 2.05) is 7.05 Å². The molecule has 0 amide bonds. The maximum Gasteiger partial charge on any atom is 0.171 e. The van der Waals surface area contributed by atoms with Crippen LogP contribution in [-0.4, -0.2) is 28.0 Å². The highest BCUT2D eigenvalue weighted by atomic mass is 16.2. The summed E-state index contributed by atoms with van der Waals surface area (Å²) in [6, 6.07) is 0. The van der Waals surface area contributed by atoms with Crippen LogP contribution in [-0.2, 0) is 7.05 Å². The maximum absolute atomic E-state index is 8.60. The summed E-state index contributed by atoms with van der Waals surface area (Å²) in [5.74, 6) is 0.764. The highest BCUT2D eigenvalue weighted by molar-refractivity contribution is 5.59. The van der Waals surface area contributed by atoms with E-state index in [1.54, 1.807) is 10.9 Å². The van der Waals surface area contributed by atoms with Crippen LogP contribution in [0.5, 0.6) is 0 Å². The minimum absolute atomic E-state index is 0.292. The Labute approximate surface area is 90.3 Å². The van der Waals surface area contributed by atoms with Crippen LogP contribution in [0.2, 0.25) is 0 Å². The number of aliphatic hydroxyl groups is 1. The Morgan fingerprint density at radius 3 is 2.73 bits per heavy atom. The van der Waals surface area contributed by atoms with Gasteiger partial charge >= 0.3 is 0 Å². The molecule has 0 spiro atoms. The van der Waals surface area contributed by atoms with E-state index in [1.165, 1.54) is 0 Å². The van der Waals surface area contributed by atoms with Crippen molar-refractivity contribution in [1.29, 1.82) is 0 Å². The Hall–Kier alpha value is -1.23. The van der Waals surface area contributed by atoms with Gasteiger partial charge in [-0.15, -0.1) is 0 Å². The van der Waals surface area contributed by atoms with Gasteiger partial charge in [-0.1, -0.05) is 12.8 Å². The molecule has 0 aliphatic carbocycles. The van der Waals surface area contributed by atoms with Gasteiger partial charge in [-0.3, -0.25) is 4.68 Å². The number of nitrogen functional groups attached to an aromatic ring is 1. The topological polar surface area (TPSA) is 76.1 Å². The lowest BCUT2D eigenvalue weighted by atomic mass is 10.2. The quantitative estimate of drug-likeness (QED) is 0.589. The van der Waals surface area contributed by atoms with Crippen molar-refractivity contribution in [2.75, 3.05) is 24.2 Å². The first-order valence-corrected chi connectivity index (χ1v) is 5.38. The first-order valence-electron chi connectivity index (χ1n) is 5.38. The number of hydrogen-bond acceptors (Lipinski definition) is 4. The van der Waals surface area contributed by atoms with E-state index in [4.69, 9.17) is 10.8 Å². The van der Waals surface area contributed by atoms with Crippen LogP contribution in [0.25, 0.3) is 0 Å². The second kappa shape index (κ2) is 6.29. The normalized spacial score (nSPS) is 10.5. The molecule has 1 aromatic rings. The van der Waals surface area contributed by atoms with E-state index in [-0.39, 0.29) is 0 Å². The van der Waals surface area contributed by atoms with Crippen molar-refractivity contribution < 1.29 is 5.11 Å². The molecule has 0 saturated carbocycles. The first-order chi connectivity index (χ1) is 7.24. The van der Waals surface area contributed by atoms with Crippen LogP contribution >= 0.6 is 0 Å². The Morgan fingerprint density at radius 2 is 2.13 bits per heavy atom. The molecule has 0 bridgehead atoms. The SMILES string of the molecule is Cn1cc(N)c(NCCCCCCO)n1. The van der Waals surface area contributed by atoms with Gasteiger partial charge < -0.3 is 16.2 Å². The van der Waals surface area contributed by atoms with E-state index in [2.05, 4.69) is 10.4 Å². The summed E-state index contributed by atoms with van der Waals surface area (Å²) < 4.78 is 1.70. The van der Waals surface area contributed by atoms with Gasteiger partial charge in [0.05, 0.1) is 5.69 Å². The molecule has 0 radical (unpaired) electrons. The van der Waals surface area contributed by atoms with Crippen molar-refractivity contribution in [3.8, 4) is 0 Å². The number of unbranched alkanes of at least 4 members (excludes halogenated alkanes) is 3. The van der Waals surface area contributed by atoms with Crippen LogP contribution < -0.4 is 11.1 Å². The molecule has 0 aromatic carbocycles. The number of anilines is 2. The molecule has 15 heavy (non-hydrogen) atoms. The smallest absolute Gasteiger partial charge is 0.171 e. The highest BCUT2D eigenvalue weighted by Gasteiger charge is 2.01. The lowest BCUT2D eigenvalue weighted by Gasteiger charge is -2.03. The van der Waals surface area contributed by atoms with E-state index < -0.39 is 0 Å². The third kappa shape index (κ3) is 4.20. The van der Waals surface area contributed by atoms with Gasteiger partial charge in [-0.25, -0.2) is 0 Å². The molecule has 0 fully saturated rings. The number of aliphatic hydroxyl groups excluding tert-OH is 1. The van der Waals surface area contributed by atoms with Crippen molar-refractivity contribution in [3.63, 3.8) is 0 Å². The summed E-state index contributed by atoms with van der Waals surface area (Å²) in [5, 5.41) is 16.0. The molecule has 0 atom stereocenters. The number of rotatable bonds is 7. The predicted octanol–water partition coefficient (Wildman–Crippen LogP) is 0.967. The van der Waals surface area contributed by atoms with Crippen LogP contribution in [0, 0.1) is 0 Å². The summed E-state index contributed by atoms with van der Waals surface area (Å²) in [6.45, 7) is 1.17. The summed E-state index contributed by atoms with van der Waals surface area (Å²) in [7, 11) is 1.85. The summed E-state index contributed by atoms with van der Waals surface area (Å²) in [6.07, 6.45) is 5.96. The Morgan fingerprint density at radius 1 is 1.40 bits per heavy atom. The third-order valence-corrected chi connectivity index (χ3v) is 2.23. The molecule has 0 saturated heterocycles. The number of aromatic nitrogens is 2. The van der Waals surface area contributed by atoms with E-state index in [0.29, 0.717) is 12.3 Å². The fourth-order valence-electron chi connectivity index (χ4n) is 1.44. The predicted molar refractivity (Wildman–Crippen MR) is 61.7 cm³/mol. The zero-order valence-electron chi connectivity index (χ0n) is 9.24. The largest absolute Gasteiger partial charge is 0.396 e.